The van der Waals surface area contributed by atoms with E-state index in [4.69, 9.17) is 0 Å². The first-order valence-electron chi connectivity index (χ1n) is 27.1. The quantitative estimate of drug-likeness (QED) is 0.113. The molecule has 0 aliphatic rings. The van der Waals surface area contributed by atoms with E-state index in [-0.39, 0.29) is 11.8 Å². The standard InChI is InChI=1S/C74H64N2/c1-47(2)65-45-69(75(67-35-23-21-25-49(67)5)73-51(7)57(53-27-13-9-14-28-53)37-39-59(73)55-31-17-11-18-32-55)63-44-42-62-66(48(3)4)46-70(64-43-41-61(65)71(63)72(62)64)76(68-36-24-22-26-50(68)6)74-52(8)58(54-29-15-10-16-30-54)38-40-60(74)56-33-19-12-20-34-56/h9-48H,1-8H3. The van der Waals surface area contributed by atoms with Crippen molar-refractivity contribution in [3.8, 4) is 44.5 Å². The van der Waals surface area contributed by atoms with Crippen LogP contribution in [0.4, 0.5) is 34.1 Å². The van der Waals surface area contributed by atoms with E-state index in [9.17, 15) is 0 Å². The summed E-state index contributed by atoms with van der Waals surface area (Å²) in [6.07, 6.45) is 0. The molecule has 76 heavy (non-hydrogen) atoms. The minimum Gasteiger partial charge on any atom is -0.309 e. The van der Waals surface area contributed by atoms with Crippen molar-refractivity contribution in [2.24, 2.45) is 0 Å². The van der Waals surface area contributed by atoms with E-state index in [1.54, 1.807) is 0 Å². The highest BCUT2D eigenvalue weighted by atomic mass is 15.2. The Morgan fingerprint density at radius 1 is 0.276 bits per heavy atom. The third-order valence-electron chi connectivity index (χ3n) is 16.0. The second-order valence-corrected chi connectivity index (χ2v) is 21.3. The van der Waals surface area contributed by atoms with Crippen LogP contribution < -0.4 is 9.80 Å². The Kier molecular flexibility index (Phi) is 12.6. The van der Waals surface area contributed by atoms with E-state index in [1.165, 1.54) is 133 Å². The van der Waals surface area contributed by atoms with Crippen molar-refractivity contribution in [1.29, 1.82) is 0 Å². The summed E-state index contributed by atoms with van der Waals surface area (Å²) in [5.74, 6) is 0.466. The Balaban J connectivity index is 1.23. The zero-order valence-electron chi connectivity index (χ0n) is 45.0. The maximum Gasteiger partial charge on any atom is 0.0575 e. The summed E-state index contributed by atoms with van der Waals surface area (Å²) in [7, 11) is 0. The molecule has 2 heteroatoms. The minimum atomic E-state index is 0.233. The Labute approximate surface area is 449 Å². The summed E-state index contributed by atoms with van der Waals surface area (Å²) in [6.45, 7) is 18.6. The third-order valence-corrected chi connectivity index (χ3v) is 16.0. The van der Waals surface area contributed by atoms with Crippen molar-refractivity contribution in [3.63, 3.8) is 0 Å². The van der Waals surface area contributed by atoms with Gasteiger partial charge in [0.05, 0.1) is 22.7 Å². The number of hydrogen-bond acceptors (Lipinski definition) is 2. The monoisotopic (exact) mass is 981 g/mol. The second-order valence-electron chi connectivity index (χ2n) is 21.3. The smallest absolute Gasteiger partial charge is 0.0575 e. The average molecular weight is 981 g/mol. The molecule has 0 atom stereocenters. The van der Waals surface area contributed by atoms with Crippen molar-refractivity contribution in [3.05, 3.63) is 264 Å². The lowest BCUT2D eigenvalue weighted by molar-refractivity contribution is 0.875. The molecule has 0 bridgehead atoms. The van der Waals surface area contributed by atoms with Gasteiger partial charge in [-0.3, -0.25) is 0 Å². The van der Waals surface area contributed by atoms with Crippen molar-refractivity contribution in [1.82, 2.24) is 0 Å². The first-order valence-corrected chi connectivity index (χ1v) is 27.1. The number of hydrogen-bond donors (Lipinski definition) is 0. The largest absolute Gasteiger partial charge is 0.309 e. The van der Waals surface area contributed by atoms with E-state index in [2.05, 4.69) is 296 Å². The molecule has 0 N–H and O–H groups in total. The number of benzene rings is 12. The fourth-order valence-electron chi connectivity index (χ4n) is 12.2. The molecular formula is C74H64N2. The Morgan fingerprint density at radius 3 is 0.895 bits per heavy atom. The molecule has 0 saturated carbocycles. The maximum absolute atomic E-state index is 2.62. The number of nitrogens with zero attached hydrogens (tertiary/aromatic N) is 2. The van der Waals surface area contributed by atoms with Gasteiger partial charge in [0.25, 0.3) is 0 Å². The number of aryl methyl sites for hydroxylation is 2. The van der Waals surface area contributed by atoms with Gasteiger partial charge in [0.15, 0.2) is 0 Å². The van der Waals surface area contributed by atoms with Gasteiger partial charge in [-0.25, -0.2) is 0 Å². The van der Waals surface area contributed by atoms with E-state index >= 15 is 0 Å². The van der Waals surface area contributed by atoms with Crippen molar-refractivity contribution in [2.45, 2.75) is 67.2 Å². The Hall–Kier alpha value is -8.72. The first-order chi connectivity index (χ1) is 37.1. The van der Waals surface area contributed by atoms with Gasteiger partial charge in [-0.2, -0.15) is 0 Å². The summed E-state index contributed by atoms with van der Waals surface area (Å²) in [6, 6.07) is 85.8. The van der Waals surface area contributed by atoms with Crippen LogP contribution in [0.1, 0.15) is 72.9 Å². The normalized spacial score (nSPS) is 11.7. The number of anilines is 6. The molecule has 0 amide bonds. The molecule has 0 aliphatic carbocycles. The zero-order chi connectivity index (χ0) is 52.2. The molecule has 12 aromatic carbocycles. The van der Waals surface area contributed by atoms with Gasteiger partial charge >= 0.3 is 0 Å². The molecule has 0 heterocycles. The summed E-state index contributed by atoms with van der Waals surface area (Å²) >= 11 is 0. The van der Waals surface area contributed by atoms with E-state index in [1.807, 2.05) is 0 Å². The van der Waals surface area contributed by atoms with Crippen LogP contribution in [0.15, 0.2) is 231 Å². The van der Waals surface area contributed by atoms with Crippen molar-refractivity contribution in [2.75, 3.05) is 9.80 Å². The molecule has 0 unspecified atom stereocenters. The topological polar surface area (TPSA) is 6.48 Å². The van der Waals surface area contributed by atoms with Crippen LogP contribution in [0.3, 0.4) is 0 Å². The van der Waals surface area contributed by atoms with Gasteiger partial charge in [-0.05, 0) is 152 Å². The van der Waals surface area contributed by atoms with Crippen LogP contribution in [0.5, 0.6) is 0 Å². The Morgan fingerprint density at radius 2 is 0.566 bits per heavy atom. The van der Waals surface area contributed by atoms with Crippen molar-refractivity contribution >= 4 is 66.4 Å². The van der Waals surface area contributed by atoms with Gasteiger partial charge in [-0.15, -0.1) is 0 Å². The van der Waals surface area contributed by atoms with Gasteiger partial charge < -0.3 is 9.80 Å². The highest BCUT2D eigenvalue weighted by molar-refractivity contribution is 6.30. The van der Waals surface area contributed by atoms with Crippen LogP contribution in [0.2, 0.25) is 0 Å². The highest BCUT2D eigenvalue weighted by Gasteiger charge is 2.30. The molecule has 370 valence electrons. The molecular weight excluding hydrogens is 917 g/mol. The zero-order valence-corrected chi connectivity index (χ0v) is 45.0. The SMILES string of the molecule is Cc1ccccc1N(c1c(-c2ccccc2)ccc(-c2ccccc2)c1C)c1cc(C(C)C)c2ccc3c(N(c4ccccc4C)c4c(-c5ccccc5)ccc(-c5ccccc5)c4C)cc(C(C)C)c4ccc1c2c43. The third kappa shape index (κ3) is 8.21. The summed E-state index contributed by atoms with van der Waals surface area (Å²) in [5, 5.41) is 7.67. The van der Waals surface area contributed by atoms with Crippen molar-refractivity contribution < 1.29 is 0 Å². The summed E-state index contributed by atoms with van der Waals surface area (Å²) < 4.78 is 0. The van der Waals surface area contributed by atoms with Gasteiger partial charge in [0, 0.05) is 33.3 Å². The molecule has 0 fully saturated rings. The van der Waals surface area contributed by atoms with Gasteiger partial charge in [0.1, 0.15) is 0 Å². The highest BCUT2D eigenvalue weighted by Crippen LogP contribution is 2.55. The molecule has 0 aromatic heterocycles. The lowest BCUT2D eigenvalue weighted by Crippen LogP contribution is -2.16. The molecule has 12 rings (SSSR count). The molecule has 0 radical (unpaired) electrons. The van der Waals surface area contributed by atoms with Crippen LogP contribution in [-0.2, 0) is 0 Å². The van der Waals surface area contributed by atoms with Gasteiger partial charge in [-0.1, -0.05) is 234 Å². The predicted octanol–water partition coefficient (Wildman–Crippen LogP) is 21.7. The van der Waals surface area contributed by atoms with E-state index < -0.39 is 0 Å². The molecule has 0 aliphatic heterocycles. The van der Waals surface area contributed by atoms with Gasteiger partial charge in [0.2, 0.25) is 0 Å². The lowest BCUT2D eigenvalue weighted by Gasteiger charge is -2.35. The van der Waals surface area contributed by atoms with E-state index in [0.717, 1.165) is 11.4 Å². The number of para-hydroxylation sites is 2. The average Bonchev–Trinajstić information content (AvgIpc) is 3.65. The molecule has 0 spiro atoms. The van der Waals surface area contributed by atoms with Crippen LogP contribution >= 0.6 is 0 Å². The number of rotatable bonds is 12. The summed E-state index contributed by atoms with van der Waals surface area (Å²) in [4.78, 5) is 5.23. The fourth-order valence-corrected chi connectivity index (χ4v) is 12.2. The van der Waals surface area contributed by atoms with Crippen LogP contribution in [0.25, 0.3) is 76.8 Å². The van der Waals surface area contributed by atoms with Crippen LogP contribution in [-0.4, -0.2) is 0 Å². The summed E-state index contributed by atoms with van der Waals surface area (Å²) in [5.41, 5.74) is 24.2. The minimum absolute atomic E-state index is 0.233. The lowest BCUT2D eigenvalue weighted by atomic mass is 9.83. The molecule has 2 nitrogen and oxygen atoms in total. The second kappa shape index (κ2) is 19.9. The van der Waals surface area contributed by atoms with E-state index in [0.29, 0.717) is 0 Å². The van der Waals surface area contributed by atoms with Crippen LogP contribution in [0, 0.1) is 27.7 Å². The Bertz CT molecular complexity index is 3810. The predicted molar refractivity (Wildman–Crippen MR) is 328 cm³/mol. The fraction of sp³-hybridized carbons (Fsp3) is 0.135. The molecule has 0 saturated heterocycles. The maximum atomic E-state index is 2.62. The first kappa shape index (κ1) is 48.2. The molecule has 12 aromatic rings.